The van der Waals surface area contributed by atoms with Gasteiger partial charge in [0.05, 0.1) is 16.0 Å². The Morgan fingerprint density at radius 2 is 1.92 bits per heavy atom. The van der Waals surface area contributed by atoms with E-state index in [1.807, 2.05) is 0 Å². The zero-order valence-electron chi connectivity index (χ0n) is 14.1. The van der Waals surface area contributed by atoms with Gasteiger partial charge < -0.3 is 10.4 Å². The van der Waals surface area contributed by atoms with Crippen LogP contribution in [-0.2, 0) is 4.79 Å². The largest absolute Gasteiger partial charge is 0.396 e. The summed E-state index contributed by atoms with van der Waals surface area (Å²) in [6.45, 7) is 0.303. The smallest absolute Gasteiger partial charge is 0.321 e. The van der Waals surface area contributed by atoms with Crippen molar-refractivity contribution in [1.29, 1.82) is 0 Å². The molecule has 0 saturated heterocycles. The van der Waals surface area contributed by atoms with Gasteiger partial charge in [0.2, 0.25) is 5.91 Å². The molecule has 0 radical (unpaired) electrons. The van der Waals surface area contributed by atoms with Gasteiger partial charge in [-0.2, -0.15) is 0 Å². The van der Waals surface area contributed by atoms with E-state index in [1.54, 1.807) is 18.2 Å². The fourth-order valence-corrected chi connectivity index (χ4v) is 3.53. The van der Waals surface area contributed by atoms with Crippen molar-refractivity contribution in [2.75, 3.05) is 13.2 Å². The van der Waals surface area contributed by atoms with Crippen molar-refractivity contribution < 1.29 is 14.7 Å². The van der Waals surface area contributed by atoms with Crippen LogP contribution in [0, 0.1) is 5.92 Å². The van der Waals surface area contributed by atoms with Crippen LogP contribution >= 0.6 is 23.2 Å². The monoisotopic (exact) mass is 386 g/mol. The van der Waals surface area contributed by atoms with E-state index in [4.69, 9.17) is 28.3 Å². The summed E-state index contributed by atoms with van der Waals surface area (Å²) in [5.41, 5.74) is 0.766. The number of benzene rings is 1. The van der Waals surface area contributed by atoms with Gasteiger partial charge in [0.1, 0.15) is 0 Å². The molecule has 3 amide bonds. The molecule has 2 rings (SSSR count). The van der Waals surface area contributed by atoms with E-state index >= 15 is 0 Å². The van der Waals surface area contributed by atoms with E-state index in [1.165, 1.54) is 12.8 Å². The number of aliphatic hydroxyl groups excluding tert-OH is 1. The van der Waals surface area contributed by atoms with Crippen LogP contribution in [-0.4, -0.2) is 30.2 Å². The number of nitrogens with one attached hydrogen (secondary N) is 2. The summed E-state index contributed by atoms with van der Waals surface area (Å²) in [6, 6.07) is 4.62. The van der Waals surface area contributed by atoms with Gasteiger partial charge >= 0.3 is 6.03 Å². The van der Waals surface area contributed by atoms with Crippen molar-refractivity contribution >= 4 is 35.1 Å². The van der Waals surface area contributed by atoms with Gasteiger partial charge in [-0.15, -0.1) is 0 Å². The number of carbonyl (C=O) groups is 2. The fourth-order valence-electron chi connectivity index (χ4n) is 3.23. The van der Waals surface area contributed by atoms with E-state index in [2.05, 4.69) is 10.6 Å². The van der Waals surface area contributed by atoms with Crippen LogP contribution in [0.1, 0.15) is 50.0 Å². The lowest BCUT2D eigenvalue weighted by Gasteiger charge is -2.21. The van der Waals surface area contributed by atoms with Gasteiger partial charge in [0.25, 0.3) is 0 Å². The van der Waals surface area contributed by atoms with Gasteiger partial charge in [-0.1, -0.05) is 55.0 Å². The van der Waals surface area contributed by atoms with Gasteiger partial charge in [0, 0.05) is 13.2 Å². The molecule has 1 saturated carbocycles. The number of amides is 3. The van der Waals surface area contributed by atoms with Crippen LogP contribution in [0.5, 0.6) is 0 Å². The maximum atomic E-state index is 12.7. The van der Waals surface area contributed by atoms with Crippen LogP contribution in [0.25, 0.3) is 0 Å². The molecule has 7 heteroatoms. The minimum absolute atomic E-state index is 0.0121. The summed E-state index contributed by atoms with van der Waals surface area (Å²) < 4.78 is 0. The zero-order chi connectivity index (χ0) is 18.2. The van der Waals surface area contributed by atoms with E-state index in [0.717, 1.165) is 18.4 Å². The minimum atomic E-state index is -0.546. The molecule has 5 nitrogen and oxygen atoms in total. The average molecular weight is 387 g/mol. The molecular formula is C18H24Cl2N2O3. The number of halogens is 2. The second-order valence-electron chi connectivity index (χ2n) is 6.43. The number of imide groups is 1. The topological polar surface area (TPSA) is 78.4 Å². The predicted octanol–water partition coefficient (Wildman–Crippen LogP) is 3.87. The van der Waals surface area contributed by atoms with Crippen molar-refractivity contribution in [3.05, 3.63) is 33.8 Å². The number of hydrogen-bond donors (Lipinski definition) is 3. The lowest BCUT2D eigenvalue weighted by atomic mass is 9.87. The predicted molar refractivity (Wildman–Crippen MR) is 99.0 cm³/mol. The first-order chi connectivity index (χ1) is 12.0. The maximum Gasteiger partial charge on any atom is 0.321 e. The van der Waals surface area contributed by atoms with Crippen LogP contribution < -0.4 is 10.6 Å². The van der Waals surface area contributed by atoms with E-state index in [-0.39, 0.29) is 12.5 Å². The third-order valence-corrected chi connectivity index (χ3v) is 5.30. The Morgan fingerprint density at radius 1 is 1.20 bits per heavy atom. The third-order valence-electron chi connectivity index (χ3n) is 4.56. The van der Waals surface area contributed by atoms with Gasteiger partial charge in [-0.3, -0.25) is 10.1 Å². The number of urea groups is 1. The molecule has 138 valence electrons. The van der Waals surface area contributed by atoms with Crippen molar-refractivity contribution in [3.63, 3.8) is 0 Å². The number of hydrogen-bond acceptors (Lipinski definition) is 3. The molecular weight excluding hydrogens is 363 g/mol. The van der Waals surface area contributed by atoms with Crippen LogP contribution in [0.3, 0.4) is 0 Å². The van der Waals surface area contributed by atoms with Gasteiger partial charge in [-0.25, -0.2) is 4.79 Å². The summed E-state index contributed by atoms with van der Waals surface area (Å²) >= 11 is 12.1. The molecule has 0 heterocycles. The van der Waals surface area contributed by atoms with Crippen molar-refractivity contribution in [2.24, 2.45) is 5.92 Å². The standard InChI is InChI=1S/C18H24Cl2N2O3/c19-15-7-6-13(11-16(15)20)14(10-12-4-1-2-5-12)17(24)22-18(25)21-8-3-9-23/h6-7,11-12,14,23H,1-5,8-10H2,(H2,21,22,24,25)/t14-/m1/s1. The zero-order valence-corrected chi connectivity index (χ0v) is 15.6. The number of aliphatic hydroxyl groups is 1. The SMILES string of the molecule is O=C(NCCCO)NC(=O)[C@H](CC1CCCC1)c1ccc(Cl)c(Cl)c1. The first-order valence-electron chi connectivity index (χ1n) is 8.65. The van der Waals surface area contributed by atoms with E-state index in [9.17, 15) is 9.59 Å². The van der Waals surface area contributed by atoms with Gasteiger partial charge in [-0.05, 0) is 36.5 Å². The summed E-state index contributed by atoms with van der Waals surface area (Å²) in [4.78, 5) is 24.5. The molecule has 0 aliphatic heterocycles. The Balaban J connectivity index is 2.08. The summed E-state index contributed by atoms with van der Waals surface area (Å²) in [5.74, 6) is -0.309. The Kier molecular flexibility index (Phi) is 8.00. The lowest BCUT2D eigenvalue weighted by molar-refractivity contribution is -0.121. The van der Waals surface area contributed by atoms with Gasteiger partial charge in [0.15, 0.2) is 0 Å². The summed E-state index contributed by atoms with van der Waals surface area (Å²) in [6.07, 6.45) is 5.71. The molecule has 1 fully saturated rings. The third kappa shape index (κ3) is 6.17. The molecule has 1 aliphatic carbocycles. The minimum Gasteiger partial charge on any atom is -0.396 e. The highest BCUT2D eigenvalue weighted by Gasteiger charge is 2.28. The molecule has 1 aromatic carbocycles. The number of rotatable bonds is 7. The molecule has 0 bridgehead atoms. The first kappa shape index (κ1) is 20.0. The molecule has 3 N–H and O–H groups in total. The van der Waals surface area contributed by atoms with E-state index < -0.39 is 11.9 Å². The normalized spacial score (nSPS) is 15.8. The highest BCUT2D eigenvalue weighted by molar-refractivity contribution is 6.42. The van der Waals surface area contributed by atoms with Crippen molar-refractivity contribution in [3.8, 4) is 0 Å². The molecule has 1 atom stereocenters. The van der Waals surface area contributed by atoms with Crippen LogP contribution in [0.2, 0.25) is 10.0 Å². The Hall–Kier alpha value is -1.30. The van der Waals surface area contributed by atoms with Crippen LogP contribution in [0.4, 0.5) is 4.79 Å². The lowest BCUT2D eigenvalue weighted by Crippen LogP contribution is -2.42. The Morgan fingerprint density at radius 3 is 2.56 bits per heavy atom. The fraction of sp³-hybridized carbons (Fsp3) is 0.556. The van der Waals surface area contributed by atoms with Crippen molar-refractivity contribution in [2.45, 2.75) is 44.4 Å². The maximum absolute atomic E-state index is 12.7. The average Bonchev–Trinajstić information content (AvgIpc) is 3.08. The Bertz CT molecular complexity index is 604. The summed E-state index contributed by atoms with van der Waals surface area (Å²) in [7, 11) is 0. The summed E-state index contributed by atoms with van der Waals surface area (Å²) in [5, 5.41) is 14.5. The highest BCUT2D eigenvalue weighted by Crippen LogP contribution is 2.36. The number of carbonyl (C=O) groups excluding carboxylic acids is 2. The molecule has 0 spiro atoms. The molecule has 0 aromatic heterocycles. The van der Waals surface area contributed by atoms with Crippen molar-refractivity contribution in [1.82, 2.24) is 10.6 Å². The first-order valence-corrected chi connectivity index (χ1v) is 9.41. The molecule has 25 heavy (non-hydrogen) atoms. The second kappa shape index (κ2) is 10.00. The quantitative estimate of drug-likeness (QED) is 0.622. The molecule has 1 aliphatic rings. The second-order valence-corrected chi connectivity index (χ2v) is 7.25. The molecule has 1 aromatic rings. The van der Waals surface area contributed by atoms with Crippen LogP contribution in [0.15, 0.2) is 18.2 Å². The van der Waals surface area contributed by atoms with E-state index in [0.29, 0.717) is 35.3 Å². The highest BCUT2D eigenvalue weighted by atomic mass is 35.5. The Labute approximate surface area is 158 Å². The molecule has 0 unspecified atom stereocenters.